The lowest BCUT2D eigenvalue weighted by atomic mass is 10.0. The Kier molecular flexibility index (Phi) is 9.37. The van der Waals surface area contributed by atoms with E-state index in [2.05, 4.69) is 25.1 Å². The second-order valence-corrected chi connectivity index (χ2v) is 10.7. The maximum atomic E-state index is 14.8. The molecule has 2 heterocycles. The standard InChI is InChI=1S/C30H26F4N6O4S/c1-3-4-19-6-5-18(2)13-24(19)40-27(41)16-45-29(40)37-28(42)36-20-7-12-25(23(31)14-20)43-15-26-35-17-39(38-26)21-8-10-22(11-9-21)44-30(32,33)34/h5-14,17H,3-4,15-16H2,1-2H3,(H,36,42)/b37-29-. The molecular weight excluding hydrogens is 616 g/mol. The second kappa shape index (κ2) is 13.4. The quantitative estimate of drug-likeness (QED) is 0.200. The highest BCUT2D eigenvalue weighted by atomic mass is 32.2. The van der Waals surface area contributed by atoms with E-state index in [1.54, 1.807) is 0 Å². The third-order valence-corrected chi connectivity index (χ3v) is 7.30. The minimum Gasteiger partial charge on any atom is -0.482 e. The molecule has 0 atom stereocenters. The molecule has 1 N–H and O–H groups in total. The number of amides is 3. The van der Waals surface area contributed by atoms with Crippen molar-refractivity contribution in [3.63, 3.8) is 0 Å². The lowest BCUT2D eigenvalue weighted by Gasteiger charge is -2.20. The van der Waals surface area contributed by atoms with Crippen molar-refractivity contribution in [2.75, 3.05) is 16.0 Å². The summed E-state index contributed by atoms with van der Waals surface area (Å²) in [6.07, 6.45) is -1.83. The Hall–Kier alpha value is -4.92. The third kappa shape index (κ3) is 7.98. The van der Waals surface area contributed by atoms with E-state index < -0.39 is 18.2 Å². The first-order valence-corrected chi connectivity index (χ1v) is 14.6. The maximum Gasteiger partial charge on any atom is 0.573 e. The number of thioether (sulfide) groups is 1. The van der Waals surface area contributed by atoms with E-state index in [0.717, 1.165) is 53.9 Å². The van der Waals surface area contributed by atoms with E-state index in [-0.39, 0.29) is 46.4 Å². The Balaban J connectivity index is 1.21. The Morgan fingerprint density at radius 3 is 2.60 bits per heavy atom. The van der Waals surface area contributed by atoms with Gasteiger partial charge in [-0.15, -0.1) is 18.3 Å². The number of urea groups is 1. The molecule has 0 saturated carbocycles. The first kappa shape index (κ1) is 31.5. The topological polar surface area (TPSA) is 111 Å². The number of aromatic nitrogens is 3. The van der Waals surface area contributed by atoms with Crippen LogP contribution in [0.3, 0.4) is 0 Å². The third-order valence-electron chi connectivity index (χ3n) is 6.38. The predicted octanol–water partition coefficient (Wildman–Crippen LogP) is 6.81. The van der Waals surface area contributed by atoms with Crippen LogP contribution in [0.1, 0.15) is 30.3 Å². The van der Waals surface area contributed by atoms with E-state index in [4.69, 9.17) is 4.74 Å². The van der Waals surface area contributed by atoms with E-state index >= 15 is 0 Å². The van der Waals surface area contributed by atoms with Gasteiger partial charge in [0.15, 0.2) is 22.6 Å². The van der Waals surface area contributed by atoms with Gasteiger partial charge in [0.2, 0.25) is 5.91 Å². The molecule has 15 heteroatoms. The summed E-state index contributed by atoms with van der Waals surface area (Å²) < 4.78 is 62.6. The van der Waals surface area contributed by atoms with Crippen molar-refractivity contribution in [1.82, 2.24) is 14.8 Å². The molecule has 5 rings (SSSR count). The number of carbonyl (C=O) groups excluding carboxylic acids is 2. The zero-order chi connectivity index (χ0) is 32.1. The van der Waals surface area contributed by atoms with Gasteiger partial charge in [-0.1, -0.05) is 37.2 Å². The first-order chi connectivity index (χ1) is 21.5. The van der Waals surface area contributed by atoms with Crippen LogP contribution in [0.4, 0.5) is 33.7 Å². The van der Waals surface area contributed by atoms with Gasteiger partial charge in [0, 0.05) is 11.8 Å². The summed E-state index contributed by atoms with van der Waals surface area (Å²) in [6.45, 7) is 3.75. The van der Waals surface area contributed by atoms with E-state index in [9.17, 15) is 27.2 Å². The molecule has 0 unspecified atom stereocenters. The second-order valence-electron chi connectivity index (χ2n) is 9.81. The Morgan fingerprint density at radius 1 is 1.11 bits per heavy atom. The zero-order valence-corrected chi connectivity index (χ0v) is 24.8. The molecule has 3 amide bonds. The molecule has 3 aromatic carbocycles. The Morgan fingerprint density at radius 2 is 1.89 bits per heavy atom. The number of hydrogen-bond acceptors (Lipinski definition) is 7. The summed E-state index contributed by atoms with van der Waals surface area (Å²) in [7, 11) is 0. The average molecular weight is 643 g/mol. The highest BCUT2D eigenvalue weighted by Crippen LogP contribution is 2.32. The fourth-order valence-corrected chi connectivity index (χ4v) is 5.27. The van der Waals surface area contributed by atoms with Crippen LogP contribution in [-0.4, -0.2) is 44.0 Å². The van der Waals surface area contributed by atoms with Gasteiger partial charge < -0.3 is 14.8 Å². The molecule has 0 spiro atoms. The minimum atomic E-state index is -4.80. The molecule has 10 nitrogen and oxygen atoms in total. The van der Waals surface area contributed by atoms with Crippen LogP contribution in [0, 0.1) is 12.7 Å². The van der Waals surface area contributed by atoms with Gasteiger partial charge in [0.25, 0.3) is 0 Å². The number of aliphatic imine (C=N–C) groups is 1. The SMILES string of the molecule is CCCc1ccc(C)cc1N1C(=O)CS/C1=N\C(=O)Nc1ccc(OCc2ncn(-c3ccc(OC(F)(F)F)cc3)n2)c(F)c1. The number of rotatable bonds is 9. The van der Waals surface area contributed by atoms with Crippen LogP contribution in [0.2, 0.25) is 0 Å². The molecule has 1 saturated heterocycles. The summed E-state index contributed by atoms with van der Waals surface area (Å²) in [5, 5.41) is 6.93. The highest BCUT2D eigenvalue weighted by molar-refractivity contribution is 8.15. The number of nitrogens with zero attached hydrogens (tertiary/aromatic N) is 5. The molecule has 0 bridgehead atoms. The van der Waals surface area contributed by atoms with Crippen molar-refractivity contribution >= 4 is 40.2 Å². The first-order valence-electron chi connectivity index (χ1n) is 13.6. The molecule has 1 aliphatic heterocycles. The van der Waals surface area contributed by atoms with Crippen LogP contribution >= 0.6 is 11.8 Å². The van der Waals surface area contributed by atoms with Crippen molar-refractivity contribution in [3.8, 4) is 17.2 Å². The summed E-state index contributed by atoms with van der Waals surface area (Å²) >= 11 is 1.15. The number of hydrogen-bond donors (Lipinski definition) is 1. The fourth-order valence-electron chi connectivity index (χ4n) is 4.41. The predicted molar refractivity (Wildman–Crippen MR) is 160 cm³/mol. The van der Waals surface area contributed by atoms with Crippen molar-refractivity contribution in [2.45, 2.75) is 39.7 Å². The zero-order valence-electron chi connectivity index (χ0n) is 24.0. The lowest BCUT2D eigenvalue weighted by molar-refractivity contribution is -0.274. The number of aryl methyl sites for hydroxylation is 2. The number of nitrogens with one attached hydrogen (secondary N) is 1. The summed E-state index contributed by atoms with van der Waals surface area (Å²) in [4.78, 5) is 35.1. The number of anilines is 2. The van der Waals surface area contributed by atoms with Gasteiger partial charge in [-0.05, 0) is 66.9 Å². The number of halogens is 4. The van der Waals surface area contributed by atoms with Gasteiger partial charge in [-0.3, -0.25) is 9.69 Å². The normalized spacial score (nSPS) is 14.2. The largest absolute Gasteiger partial charge is 0.573 e. The Labute approximate surface area is 259 Å². The highest BCUT2D eigenvalue weighted by Gasteiger charge is 2.32. The molecular formula is C30H26F4N6O4S. The smallest absolute Gasteiger partial charge is 0.482 e. The molecule has 4 aromatic rings. The van der Waals surface area contributed by atoms with E-state index in [0.29, 0.717) is 11.4 Å². The molecule has 1 aliphatic rings. The maximum absolute atomic E-state index is 14.8. The molecule has 0 radical (unpaired) electrons. The van der Waals surface area contributed by atoms with Gasteiger partial charge in [0.1, 0.15) is 18.7 Å². The average Bonchev–Trinajstić information content (AvgIpc) is 3.59. The molecule has 1 aromatic heterocycles. The van der Waals surface area contributed by atoms with Crippen molar-refractivity contribution in [1.29, 1.82) is 0 Å². The number of alkyl halides is 3. The van der Waals surface area contributed by atoms with Crippen LogP contribution < -0.4 is 19.7 Å². The van der Waals surface area contributed by atoms with Crippen LogP contribution in [0.15, 0.2) is 72.0 Å². The number of ether oxygens (including phenoxy) is 2. The number of carbonyl (C=O) groups is 2. The molecule has 0 aliphatic carbocycles. The van der Waals surface area contributed by atoms with Crippen LogP contribution in [-0.2, 0) is 17.8 Å². The minimum absolute atomic E-state index is 0.123. The van der Waals surface area contributed by atoms with Crippen LogP contribution in [0.25, 0.3) is 5.69 Å². The van der Waals surface area contributed by atoms with Gasteiger partial charge in [0.05, 0.1) is 17.1 Å². The van der Waals surface area contributed by atoms with Gasteiger partial charge in [-0.2, -0.15) is 4.99 Å². The summed E-state index contributed by atoms with van der Waals surface area (Å²) in [6, 6.07) is 13.9. The Bertz CT molecular complexity index is 1740. The molecule has 1 fully saturated rings. The summed E-state index contributed by atoms with van der Waals surface area (Å²) in [5.41, 5.74) is 3.17. The van der Waals surface area contributed by atoms with Gasteiger partial charge >= 0.3 is 12.4 Å². The molecule has 45 heavy (non-hydrogen) atoms. The van der Waals surface area contributed by atoms with Crippen molar-refractivity contribution < 1.29 is 36.6 Å². The van der Waals surface area contributed by atoms with Crippen LogP contribution in [0.5, 0.6) is 11.5 Å². The monoisotopic (exact) mass is 642 g/mol. The van der Waals surface area contributed by atoms with Gasteiger partial charge in [-0.25, -0.2) is 18.9 Å². The van der Waals surface area contributed by atoms with Crippen molar-refractivity contribution in [2.24, 2.45) is 4.99 Å². The fraction of sp³-hybridized carbons (Fsp3) is 0.233. The number of benzene rings is 3. The summed E-state index contributed by atoms with van der Waals surface area (Å²) in [5.74, 6) is -1.14. The number of amidine groups is 1. The van der Waals surface area contributed by atoms with E-state index in [1.807, 2.05) is 32.0 Å². The molecule has 234 valence electrons. The van der Waals surface area contributed by atoms with Crippen molar-refractivity contribution in [3.05, 3.63) is 89.8 Å². The van der Waals surface area contributed by atoms with E-state index in [1.165, 1.54) is 40.2 Å². The lowest BCUT2D eigenvalue weighted by Crippen LogP contribution is -2.31.